The minimum Gasteiger partial charge on any atom is -0.405 e. The number of alkyl halides is 3. The van der Waals surface area contributed by atoms with E-state index in [1.165, 1.54) is 37.8 Å². The molecule has 1 aromatic carbocycles. The number of nitrogens with two attached hydrogens (primary N) is 1. The number of ether oxygens (including phenoxy) is 1. The van der Waals surface area contributed by atoms with Crippen molar-refractivity contribution in [1.82, 2.24) is 5.43 Å². The molecule has 1 aliphatic carbocycles. The van der Waals surface area contributed by atoms with Crippen LogP contribution in [0.4, 0.5) is 13.2 Å². The zero-order valence-corrected chi connectivity index (χ0v) is 11.8. The molecule has 1 fully saturated rings. The molecule has 1 aliphatic rings. The molecule has 0 radical (unpaired) electrons. The maximum Gasteiger partial charge on any atom is 0.573 e. The molecule has 3 N–H and O–H groups in total. The first kappa shape index (κ1) is 16.1. The van der Waals surface area contributed by atoms with Crippen molar-refractivity contribution < 1.29 is 17.9 Å². The Kier molecular flexibility index (Phi) is 5.47. The van der Waals surface area contributed by atoms with E-state index in [2.05, 4.69) is 10.2 Å². The second-order valence-corrected chi connectivity index (χ2v) is 5.53. The van der Waals surface area contributed by atoms with Crippen LogP contribution in [0.1, 0.15) is 50.1 Å². The average molecular weight is 302 g/mol. The van der Waals surface area contributed by atoms with Gasteiger partial charge in [0.1, 0.15) is 5.75 Å². The number of halogens is 3. The van der Waals surface area contributed by atoms with E-state index in [0.717, 1.165) is 6.42 Å². The summed E-state index contributed by atoms with van der Waals surface area (Å²) in [5.41, 5.74) is 3.08. The van der Waals surface area contributed by atoms with Crippen molar-refractivity contribution in [3.05, 3.63) is 29.8 Å². The van der Waals surface area contributed by atoms with Gasteiger partial charge in [-0.25, -0.2) is 0 Å². The second-order valence-electron chi connectivity index (χ2n) is 5.53. The molecule has 118 valence electrons. The zero-order chi connectivity index (χ0) is 15.3. The molecule has 0 bridgehead atoms. The average Bonchev–Trinajstić information content (AvgIpc) is 2.92. The highest BCUT2D eigenvalue weighted by molar-refractivity contribution is 5.36. The van der Waals surface area contributed by atoms with E-state index in [4.69, 9.17) is 5.84 Å². The largest absolute Gasteiger partial charge is 0.573 e. The van der Waals surface area contributed by atoms with E-state index >= 15 is 0 Å². The molecule has 0 aliphatic heterocycles. The van der Waals surface area contributed by atoms with Crippen LogP contribution in [0.5, 0.6) is 5.75 Å². The highest BCUT2D eigenvalue weighted by Crippen LogP contribution is 2.35. The summed E-state index contributed by atoms with van der Waals surface area (Å²) in [6.07, 6.45) is 1.89. The Labute approximate surface area is 122 Å². The van der Waals surface area contributed by atoms with E-state index in [9.17, 15) is 13.2 Å². The summed E-state index contributed by atoms with van der Waals surface area (Å²) in [6, 6.07) is 5.83. The van der Waals surface area contributed by atoms with Crippen molar-refractivity contribution in [3.63, 3.8) is 0 Å². The van der Waals surface area contributed by atoms with Crippen LogP contribution in [0.3, 0.4) is 0 Å². The molecule has 2 rings (SSSR count). The van der Waals surface area contributed by atoms with Gasteiger partial charge >= 0.3 is 6.36 Å². The van der Waals surface area contributed by atoms with Crippen LogP contribution in [-0.4, -0.2) is 6.36 Å². The van der Waals surface area contributed by atoms with Gasteiger partial charge in [-0.05, 0) is 24.8 Å². The maximum atomic E-state index is 12.4. The third-order valence-corrected chi connectivity index (χ3v) is 4.06. The van der Waals surface area contributed by atoms with E-state index < -0.39 is 6.36 Å². The van der Waals surface area contributed by atoms with E-state index in [0.29, 0.717) is 17.9 Å². The van der Waals surface area contributed by atoms with Crippen LogP contribution >= 0.6 is 0 Å². The first-order chi connectivity index (χ1) is 9.99. The molecule has 1 atom stereocenters. The fourth-order valence-corrected chi connectivity index (χ4v) is 3.02. The minimum absolute atomic E-state index is 0.181. The first-order valence-corrected chi connectivity index (χ1v) is 7.30. The highest BCUT2D eigenvalue weighted by Gasteiger charge is 2.33. The molecule has 0 saturated heterocycles. The van der Waals surface area contributed by atoms with Gasteiger partial charge in [-0.2, -0.15) is 0 Å². The number of para-hydroxylation sites is 1. The molecule has 1 unspecified atom stereocenters. The number of rotatable bonds is 6. The molecule has 21 heavy (non-hydrogen) atoms. The number of hydrazine groups is 1. The van der Waals surface area contributed by atoms with Gasteiger partial charge in [-0.3, -0.25) is 11.3 Å². The fraction of sp³-hybridized carbons (Fsp3) is 0.600. The minimum atomic E-state index is -4.69. The normalized spacial score (nSPS) is 17.9. The van der Waals surface area contributed by atoms with Crippen molar-refractivity contribution in [2.45, 2.75) is 50.9 Å². The molecular formula is C15H21F3N2O. The van der Waals surface area contributed by atoms with Crippen LogP contribution in [0, 0.1) is 5.92 Å². The summed E-state index contributed by atoms with van der Waals surface area (Å²) < 4.78 is 41.4. The predicted octanol–water partition coefficient (Wildman–Crippen LogP) is 4.06. The fourth-order valence-electron chi connectivity index (χ4n) is 3.02. The summed E-state index contributed by atoms with van der Waals surface area (Å²) in [6.45, 7) is 0. The van der Waals surface area contributed by atoms with Crippen LogP contribution in [0.15, 0.2) is 24.3 Å². The van der Waals surface area contributed by atoms with Crippen molar-refractivity contribution in [3.8, 4) is 5.75 Å². The Hall–Kier alpha value is -1.27. The number of hydrogen-bond acceptors (Lipinski definition) is 3. The van der Waals surface area contributed by atoms with Crippen LogP contribution in [0.2, 0.25) is 0 Å². The summed E-state index contributed by atoms with van der Waals surface area (Å²) in [5, 5.41) is 0. The van der Waals surface area contributed by atoms with Crippen LogP contribution in [-0.2, 0) is 0 Å². The first-order valence-electron chi connectivity index (χ1n) is 7.30. The summed E-state index contributed by atoms with van der Waals surface area (Å²) in [7, 11) is 0. The Balaban J connectivity index is 2.05. The maximum absolute atomic E-state index is 12.4. The Morgan fingerprint density at radius 1 is 1.24 bits per heavy atom. The number of nitrogens with one attached hydrogen (secondary N) is 1. The number of hydrogen-bond donors (Lipinski definition) is 2. The topological polar surface area (TPSA) is 47.3 Å². The lowest BCUT2D eigenvalue weighted by Gasteiger charge is -2.21. The lowest BCUT2D eigenvalue weighted by atomic mass is 9.95. The van der Waals surface area contributed by atoms with E-state index in [1.54, 1.807) is 12.1 Å². The third-order valence-electron chi connectivity index (χ3n) is 4.06. The van der Waals surface area contributed by atoms with Crippen molar-refractivity contribution >= 4 is 0 Å². The summed E-state index contributed by atoms with van der Waals surface area (Å²) in [5.74, 6) is 6.02. The monoisotopic (exact) mass is 302 g/mol. The molecule has 0 aromatic heterocycles. The van der Waals surface area contributed by atoms with Crippen molar-refractivity contribution in [2.24, 2.45) is 11.8 Å². The van der Waals surface area contributed by atoms with Gasteiger partial charge in [0.2, 0.25) is 0 Å². The van der Waals surface area contributed by atoms with Gasteiger partial charge in [0.05, 0.1) is 0 Å². The lowest BCUT2D eigenvalue weighted by molar-refractivity contribution is -0.275. The molecule has 6 heteroatoms. The van der Waals surface area contributed by atoms with Gasteiger partial charge in [-0.1, -0.05) is 43.9 Å². The predicted molar refractivity (Wildman–Crippen MR) is 74.4 cm³/mol. The Morgan fingerprint density at radius 3 is 2.52 bits per heavy atom. The molecular weight excluding hydrogens is 281 g/mol. The number of benzene rings is 1. The Morgan fingerprint density at radius 2 is 1.90 bits per heavy atom. The highest BCUT2D eigenvalue weighted by atomic mass is 19.4. The Bertz CT molecular complexity index is 445. The molecule has 0 amide bonds. The molecule has 1 saturated carbocycles. The quantitative estimate of drug-likeness (QED) is 0.615. The van der Waals surface area contributed by atoms with Crippen LogP contribution < -0.4 is 16.0 Å². The van der Waals surface area contributed by atoms with Gasteiger partial charge in [-0.15, -0.1) is 13.2 Å². The SMILES string of the molecule is NNC(CCC1CCCC1)c1ccccc1OC(F)(F)F. The molecule has 0 spiro atoms. The van der Waals surface area contributed by atoms with Crippen molar-refractivity contribution in [1.29, 1.82) is 0 Å². The lowest BCUT2D eigenvalue weighted by Crippen LogP contribution is -2.29. The van der Waals surface area contributed by atoms with Gasteiger partial charge in [0.25, 0.3) is 0 Å². The summed E-state index contributed by atoms with van der Waals surface area (Å²) >= 11 is 0. The second kappa shape index (κ2) is 7.13. The van der Waals surface area contributed by atoms with Gasteiger partial charge in [0, 0.05) is 11.6 Å². The van der Waals surface area contributed by atoms with E-state index in [1.807, 2.05) is 0 Å². The van der Waals surface area contributed by atoms with E-state index in [-0.39, 0.29) is 11.8 Å². The molecule has 0 heterocycles. The molecule has 1 aromatic rings. The zero-order valence-electron chi connectivity index (χ0n) is 11.8. The van der Waals surface area contributed by atoms with Gasteiger partial charge in [0.15, 0.2) is 0 Å². The third kappa shape index (κ3) is 4.89. The smallest absolute Gasteiger partial charge is 0.405 e. The standard InChI is InChI=1S/C15H21F3N2O/c16-15(17,18)21-14-8-4-3-7-12(14)13(20-19)10-9-11-5-1-2-6-11/h3-4,7-8,11,13,20H,1-2,5-6,9-10,19H2. The van der Waals surface area contributed by atoms with Gasteiger partial charge < -0.3 is 4.74 Å². The summed E-state index contributed by atoms with van der Waals surface area (Å²) in [4.78, 5) is 0. The van der Waals surface area contributed by atoms with Crippen LogP contribution in [0.25, 0.3) is 0 Å². The van der Waals surface area contributed by atoms with Crippen molar-refractivity contribution in [2.75, 3.05) is 0 Å². The molecule has 3 nitrogen and oxygen atoms in total.